The van der Waals surface area contributed by atoms with Crippen molar-refractivity contribution in [1.29, 1.82) is 0 Å². The largest absolute Gasteiger partial charge is 0.393 e. The Hall–Kier alpha value is -0.280. The van der Waals surface area contributed by atoms with Crippen LogP contribution in [-0.2, 0) is 24.3 Å². The predicted octanol–water partition coefficient (Wildman–Crippen LogP) is 3.51. The van der Waals surface area contributed by atoms with E-state index in [9.17, 15) is 10.2 Å². The number of aliphatic hydroxyl groups excluding tert-OH is 2. The second-order valence-electron chi connectivity index (χ2n) is 8.56. The summed E-state index contributed by atoms with van der Waals surface area (Å²) in [6, 6.07) is 0. The maximum absolute atomic E-state index is 9.59. The molecule has 158 valence electrons. The highest BCUT2D eigenvalue weighted by atomic mass is 17.3. The number of hydrogen-bond donors (Lipinski definition) is 2. The fraction of sp³-hybridized carbons (Fsp3) is 1.00. The van der Waals surface area contributed by atoms with Gasteiger partial charge in [-0.25, -0.2) is 9.78 Å². The van der Waals surface area contributed by atoms with Crippen molar-refractivity contribution >= 4 is 0 Å². The summed E-state index contributed by atoms with van der Waals surface area (Å²) < 4.78 is 5.58. The van der Waals surface area contributed by atoms with Crippen molar-refractivity contribution in [3.05, 3.63) is 0 Å². The predicted molar refractivity (Wildman–Crippen MR) is 99.2 cm³/mol. The van der Waals surface area contributed by atoms with E-state index in [0.29, 0.717) is 25.9 Å². The first-order valence-corrected chi connectivity index (χ1v) is 9.42. The summed E-state index contributed by atoms with van der Waals surface area (Å²) in [6.45, 7) is 16.8. The Bertz CT molecular complexity index is 354. The minimum atomic E-state index is -1.22. The molecule has 0 rings (SSSR count). The zero-order chi connectivity index (χ0) is 20.6. The summed E-state index contributed by atoms with van der Waals surface area (Å²) >= 11 is 0. The van der Waals surface area contributed by atoms with Gasteiger partial charge in [0, 0.05) is 25.9 Å². The highest BCUT2D eigenvalue weighted by Gasteiger charge is 2.37. The SMILES string of the molecule is CCOC(C)CC(C)(OOC(C)(C)CC(C)O)OOC(C)(C)CC(C)O. The lowest BCUT2D eigenvalue weighted by Crippen LogP contribution is -2.43. The van der Waals surface area contributed by atoms with Crippen LogP contribution in [0, 0.1) is 0 Å². The zero-order valence-corrected chi connectivity index (χ0v) is 18.0. The molecule has 0 aromatic carbocycles. The lowest BCUT2D eigenvalue weighted by molar-refractivity contribution is -0.542. The average molecular weight is 381 g/mol. The molecule has 7 heteroatoms. The summed E-state index contributed by atoms with van der Waals surface area (Å²) in [7, 11) is 0. The van der Waals surface area contributed by atoms with Gasteiger partial charge in [0.15, 0.2) is 0 Å². The molecule has 2 N–H and O–H groups in total. The molecule has 0 spiro atoms. The summed E-state index contributed by atoms with van der Waals surface area (Å²) in [6.07, 6.45) is -0.0153. The number of aliphatic hydroxyl groups is 2. The quantitative estimate of drug-likeness (QED) is 0.271. The Morgan fingerprint density at radius 2 is 1.08 bits per heavy atom. The van der Waals surface area contributed by atoms with Crippen LogP contribution in [0.25, 0.3) is 0 Å². The number of hydrogen-bond acceptors (Lipinski definition) is 7. The van der Waals surface area contributed by atoms with Crippen LogP contribution in [0.3, 0.4) is 0 Å². The van der Waals surface area contributed by atoms with Crippen LogP contribution in [0.15, 0.2) is 0 Å². The third-order valence-corrected chi connectivity index (χ3v) is 3.57. The first kappa shape index (κ1) is 25.7. The summed E-state index contributed by atoms with van der Waals surface area (Å²) in [5.74, 6) is -1.22. The molecule has 0 fully saturated rings. The van der Waals surface area contributed by atoms with Gasteiger partial charge in [-0.15, -0.1) is 0 Å². The maximum atomic E-state index is 9.59. The van der Waals surface area contributed by atoms with Gasteiger partial charge in [0.2, 0.25) is 5.79 Å². The maximum Gasteiger partial charge on any atom is 0.233 e. The molecule has 0 saturated heterocycles. The first-order valence-electron chi connectivity index (χ1n) is 9.42. The Morgan fingerprint density at radius 3 is 1.38 bits per heavy atom. The fourth-order valence-corrected chi connectivity index (χ4v) is 2.84. The number of rotatable bonds is 14. The van der Waals surface area contributed by atoms with Gasteiger partial charge in [-0.1, -0.05) is 0 Å². The molecule has 0 heterocycles. The molecule has 0 bridgehead atoms. The van der Waals surface area contributed by atoms with Gasteiger partial charge in [0.05, 0.1) is 18.3 Å². The van der Waals surface area contributed by atoms with Crippen LogP contribution in [0.4, 0.5) is 0 Å². The smallest absolute Gasteiger partial charge is 0.233 e. The van der Waals surface area contributed by atoms with Crippen molar-refractivity contribution in [2.75, 3.05) is 6.61 Å². The first-order chi connectivity index (χ1) is 11.7. The molecule has 7 nitrogen and oxygen atoms in total. The van der Waals surface area contributed by atoms with Crippen LogP contribution in [0.5, 0.6) is 0 Å². The third-order valence-electron chi connectivity index (χ3n) is 3.57. The van der Waals surface area contributed by atoms with Gasteiger partial charge < -0.3 is 14.9 Å². The molecule has 0 aliphatic carbocycles. The minimum Gasteiger partial charge on any atom is -0.393 e. The van der Waals surface area contributed by atoms with E-state index >= 15 is 0 Å². The lowest BCUT2D eigenvalue weighted by Gasteiger charge is -2.36. The van der Waals surface area contributed by atoms with E-state index in [-0.39, 0.29) is 6.10 Å². The Morgan fingerprint density at radius 1 is 0.692 bits per heavy atom. The summed E-state index contributed by atoms with van der Waals surface area (Å²) in [4.78, 5) is 22.3. The molecule has 0 amide bonds. The lowest BCUT2D eigenvalue weighted by atomic mass is 10.0. The molecular weight excluding hydrogens is 340 g/mol. The standard InChI is InChI=1S/C19H40O7/c1-10-22-16(4)13-19(9,25-23-17(5,6)11-14(2)20)26-24-18(7,8)12-15(3)21/h14-16,20-21H,10-13H2,1-9H3. The van der Waals surface area contributed by atoms with Gasteiger partial charge in [0.1, 0.15) is 11.2 Å². The monoisotopic (exact) mass is 380 g/mol. The van der Waals surface area contributed by atoms with Crippen LogP contribution < -0.4 is 0 Å². The normalized spacial score (nSPS) is 19.0. The van der Waals surface area contributed by atoms with E-state index in [1.165, 1.54) is 0 Å². The van der Waals surface area contributed by atoms with Crippen LogP contribution in [-0.4, -0.2) is 52.1 Å². The second kappa shape index (κ2) is 10.9. The molecule has 0 saturated carbocycles. The molecule has 3 atom stereocenters. The van der Waals surface area contributed by atoms with Gasteiger partial charge >= 0.3 is 0 Å². The van der Waals surface area contributed by atoms with E-state index in [2.05, 4.69) is 0 Å². The molecule has 0 aliphatic heterocycles. The highest BCUT2D eigenvalue weighted by Crippen LogP contribution is 2.29. The molecule has 0 aliphatic rings. The van der Waals surface area contributed by atoms with Gasteiger partial charge in [-0.3, -0.25) is 0 Å². The Kier molecular flexibility index (Phi) is 10.8. The Labute approximate surface area is 158 Å². The van der Waals surface area contributed by atoms with Crippen LogP contribution >= 0.6 is 0 Å². The fourth-order valence-electron chi connectivity index (χ4n) is 2.84. The summed E-state index contributed by atoms with van der Waals surface area (Å²) in [5, 5.41) is 19.2. The Balaban J connectivity index is 5.00. The molecule has 0 radical (unpaired) electrons. The molecule has 0 aromatic heterocycles. The topological polar surface area (TPSA) is 86.6 Å². The third kappa shape index (κ3) is 12.2. The van der Waals surface area contributed by atoms with Crippen molar-refractivity contribution < 1.29 is 34.5 Å². The molecule has 26 heavy (non-hydrogen) atoms. The minimum absolute atomic E-state index is 0.142. The molecule has 0 aromatic rings. The van der Waals surface area contributed by atoms with E-state index in [0.717, 1.165) is 0 Å². The van der Waals surface area contributed by atoms with Gasteiger partial charge in [0.25, 0.3) is 0 Å². The molecule has 3 unspecified atom stereocenters. The zero-order valence-electron chi connectivity index (χ0n) is 18.0. The van der Waals surface area contributed by atoms with Crippen molar-refractivity contribution in [1.82, 2.24) is 0 Å². The van der Waals surface area contributed by atoms with E-state index in [1.807, 2.05) is 41.5 Å². The second-order valence-corrected chi connectivity index (χ2v) is 8.56. The van der Waals surface area contributed by atoms with Crippen molar-refractivity contribution in [2.45, 2.75) is 117 Å². The summed E-state index contributed by atoms with van der Waals surface area (Å²) in [5.41, 5.74) is -1.41. The average Bonchev–Trinajstić information content (AvgIpc) is 2.41. The molecular formula is C19H40O7. The number of ether oxygens (including phenoxy) is 1. The van der Waals surface area contributed by atoms with Crippen molar-refractivity contribution in [3.63, 3.8) is 0 Å². The van der Waals surface area contributed by atoms with E-state index < -0.39 is 29.2 Å². The van der Waals surface area contributed by atoms with Crippen LogP contribution in [0.2, 0.25) is 0 Å². The van der Waals surface area contributed by atoms with Crippen molar-refractivity contribution in [2.24, 2.45) is 0 Å². The van der Waals surface area contributed by atoms with Gasteiger partial charge in [-0.05, 0) is 62.3 Å². The van der Waals surface area contributed by atoms with Crippen LogP contribution in [0.1, 0.15) is 81.6 Å². The highest BCUT2D eigenvalue weighted by molar-refractivity contribution is 4.73. The van der Waals surface area contributed by atoms with Crippen molar-refractivity contribution in [3.8, 4) is 0 Å². The van der Waals surface area contributed by atoms with E-state index in [4.69, 9.17) is 24.3 Å². The van der Waals surface area contributed by atoms with E-state index in [1.54, 1.807) is 20.8 Å². The van der Waals surface area contributed by atoms with Gasteiger partial charge in [-0.2, -0.15) is 9.78 Å².